The third-order valence-corrected chi connectivity index (χ3v) is 4.54. The molecule has 0 bridgehead atoms. The van der Waals surface area contributed by atoms with Gasteiger partial charge in [0, 0.05) is 11.1 Å². The van der Waals surface area contributed by atoms with Gasteiger partial charge in [0.1, 0.15) is 23.1 Å². The van der Waals surface area contributed by atoms with Crippen LogP contribution in [0, 0.1) is 6.92 Å². The summed E-state index contributed by atoms with van der Waals surface area (Å²) < 4.78 is 11.2. The molecule has 8 heteroatoms. The molecule has 0 spiro atoms. The van der Waals surface area contributed by atoms with Crippen molar-refractivity contribution in [2.45, 2.75) is 19.9 Å². The zero-order chi connectivity index (χ0) is 21.1. The van der Waals surface area contributed by atoms with Crippen LogP contribution >= 0.6 is 11.6 Å². The van der Waals surface area contributed by atoms with E-state index in [1.54, 1.807) is 43.3 Å². The van der Waals surface area contributed by atoms with Gasteiger partial charge in [0.2, 0.25) is 5.43 Å². The van der Waals surface area contributed by atoms with Gasteiger partial charge in [0.25, 0.3) is 5.91 Å². The number of aliphatic carboxylic acids is 1. The number of carboxylic acids is 1. The number of rotatable bonds is 6. The number of carbonyl (C=O) groups is 2. The largest absolute Gasteiger partial charge is 0.484 e. The van der Waals surface area contributed by atoms with Crippen molar-refractivity contribution in [2.24, 2.45) is 0 Å². The summed E-state index contributed by atoms with van der Waals surface area (Å²) in [4.78, 5) is 35.5. The zero-order valence-electron chi connectivity index (χ0n) is 15.7. The van der Waals surface area contributed by atoms with Crippen LogP contribution in [0.1, 0.15) is 12.7 Å². The molecule has 0 saturated heterocycles. The van der Waals surface area contributed by atoms with Gasteiger partial charge in [0.15, 0.2) is 6.61 Å². The zero-order valence-corrected chi connectivity index (χ0v) is 16.4. The maximum Gasteiger partial charge on any atom is 0.325 e. The maximum atomic E-state index is 12.9. The quantitative estimate of drug-likeness (QED) is 0.639. The Balaban J connectivity index is 1.85. The molecule has 0 aliphatic carbocycles. The van der Waals surface area contributed by atoms with E-state index in [2.05, 4.69) is 5.32 Å². The Bertz CT molecular complexity index is 1140. The van der Waals surface area contributed by atoms with Crippen LogP contribution < -0.4 is 15.5 Å². The summed E-state index contributed by atoms with van der Waals surface area (Å²) in [7, 11) is 0. The number of aryl methyl sites for hydroxylation is 1. The van der Waals surface area contributed by atoms with Crippen LogP contribution in [0.4, 0.5) is 0 Å². The first-order valence-corrected chi connectivity index (χ1v) is 9.12. The van der Waals surface area contributed by atoms with Crippen molar-refractivity contribution in [1.82, 2.24) is 5.32 Å². The molecule has 0 radical (unpaired) electrons. The topological polar surface area (TPSA) is 106 Å². The van der Waals surface area contributed by atoms with E-state index in [1.807, 2.05) is 0 Å². The number of ether oxygens (including phenoxy) is 1. The number of fused-ring (bicyclic) bond motifs is 1. The second kappa shape index (κ2) is 8.36. The molecule has 0 fully saturated rings. The second-order valence-corrected chi connectivity index (χ2v) is 6.88. The molecule has 150 valence electrons. The fourth-order valence-electron chi connectivity index (χ4n) is 2.82. The average molecular weight is 416 g/mol. The van der Waals surface area contributed by atoms with Crippen LogP contribution in [0.15, 0.2) is 51.7 Å². The number of halogens is 1. The molecule has 0 unspecified atom stereocenters. The van der Waals surface area contributed by atoms with Gasteiger partial charge in [-0.1, -0.05) is 23.7 Å². The molecule has 0 saturated carbocycles. The first-order valence-electron chi connectivity index (χ1n) is 8.74. The van der Waals surface area contributed by atoms with E-state index in [-0.39, 0.29) is 12.0 Å². The Morgan fingerprint density at radius 1 is 1.21 bits per heavy atom. The van der Waals surface area contributed by atoms with E-state index in [9.17, 15) is 14.4 Å². The van der Waals surface area contributed by atoms with Gasteiger partial charge in [0.05, 0.1) is 10.9 Å². The molecule has 1 amide bonds. The van der Waals surface area contributed by atoms with Crippen molar-refractivity contribution in [3.63, 3.8) is 0 Å². The van der Waals surface area contributed by atoms with Crippen LogP contribution in [0.3, 0.4) is 0 Å². The van der Waals surface area contributed by atoms with Crippen molar-refractivity contribution in [3.8, 4) is 16.9 Å². The predicted molar refractivity (Wildman–Crippen MR) is 108 cm³/mol. The standard InChI is InChI=1S/C21H18ClNO6/c1-11(21(26)27)23-18(24)10-28-15-7-8-16-17(9-15)29-12(2)19(20(16)25)13-3-5-14(22)6-4-13/h3-9,11H,10H2,1-2H3,(H,23,24)(H,26,27)/t11-/m1/s1. The van der Waals surface area contributed by atoms with Crippen LogP contribution in [0.2, 0.25) is 5.02 Å². The maximum absolute atomic E-state index is 12.9. The Morgan fingerprint density at radius 2 is 1.90 bits per heavy atom. The minimum atomic E-state index is -1.14. The summed E-state index contributed by atoms with van der Waals surface area (Å²) in [5.74, 6) is -0.957. The summed E-state index contributed by atoms with van der Waals surface area (Å²) in [6, 6.07) is 10.5. The second-order valence-electron chi connectivity index (χ2n) is 6.44. The van der Waals surface area contributed by atoms with E-state index in [0.717, 1.165) is 0 Å². The number of carboxylic acid groups (broad SMARTS) is 1. The van der Waals surface area contributed by atoms with Gasteiger partial charge in [-0.15, -0.1) is 0 Å². The van der Waals surface area contributed by atoms with Crippen LogP contribution in [-0.4, -0.2) is 29.6 Å². The first kappa shape index (κ1) is 20.4. The lowest BCUT2D eigenvalue weighted by molar-refractivity contribution is -0.141. The predicted octanol–water partition coefficient (Wildman–Crippen LogP) is 3.39. The summed E-state index contributed by atoms with van der Waals surface area (Å²) in [5, 5.41) is 12.0. The Labute approximate surface area is 170 Å². The Kier molecular flexibility index (Phi) is 5.89. The summed E-state index contributed by atoms with van der Waals surface area (Å²) in [5.41, 5.74) is 1.28. The third-order valence-electron chi connectivity index (χ3n) is 4.29. The monoisotopic (exact) mass is 415 g/mol. The van der Waals surface area contributed by atoms with Crippen molar-refractivity contribution < 1.29 is 23.8 Å². The minimum Gasteiger partial charge on any atom is -0.484 e. The SMILES string of the molecule is Cc1oc2cc(OCC(=O)N[C@H](C)C(=O)O)ccc2c(=O)c1-c1ccc(Cl)cc1. The average Bonchev–Trinajstić information content (AvgIpc) is 2.67. The Hall–Kier alpha value is -3.32. The van der Waals surface area contributed by atoms with Gasteiger partial charge in [-0.05, 0) is 43.7 Å². The third kappa shape index (κ3) is 4.57. The highest BCUT2D eigenvalue weighted by atomic mass is 35.5. The Morgan fingerprint density at radius 3 is 2.55 bits per heavy atom. The molecular formula is C21H18ClNO6. The van der Waals surface area contributed by atoms with Crippen LogP contribution in [0.25, 0.3) is 22.1 Å². The highest BCUT2D eigenvalue weighted by molar-refractivity contribution is 6.30. The molecule has 3 aromatic rings. The molecule has 3 rings (SSSR count). The molecule has 29 heavy (non-hydrogen) atoms. The van der Waals surface area contributed by atoms with Gasteiger partial charge in [-0.25, -0.2) is 0 Å². The fraction of sp³-hybridized carbons (Fsp3) is 0.190. The number of nitrogens with one attached hydrogen (secondary N) is 1. The van der Waals surface area contributed by atoms with Crippen molar-refractivity contribution in [3.05, 3.63) is 63.5 Å². The van der Waals surface area contributed by atoms with Crippen molar-refractivity contribution in [1.29, 1.82) is 0 Å². The van der Waals surface area contributed by atoms with E-state index in [1.165, 1.54) is 13.0 Å². The fourth-order valence-corrected chi connectivity index (χ4v) is 2.95. The molecule has 2 N–H and O–H groups in total. The number of hydrogen-bond donors (Lipinski definition) is 2. The number of benzene rings is 2. The van der Waals surface area contributed by atoms with Crippen molar-refractivity contribution in [2.75, 3.05) is 6.61 Å². The van der Waals surface area contributed by atoms with E-state index < -0.39 is 17.9 Å². The van der Waals surface area contributed by atoms with Crippen LogP contribution in [0.5, 0.6) is 5.75 Å². The number of carbonyl (C=O) groups excluding carboxylic acids is 1. The molecular weight excluding hydrogens is 398 g/mol. The van der Waals surface area contributed by atoms with Gasteiger partial charge >= 0.3 is 5.97 Å². The van der Waals surface area contributed by atoms with E-state index >= 15 is 0 Å². The van der Waals surface area contributed by atoms with Crippen molar-refractivity contribution >= 4 is 34.4 Å². The summed E-state index contributed by atoms with van der Waals surface area (Å²) in [6.45, 7) is 2.68. The smallest absolute Gasteiger partial charge is 0.325 e. The van der Waals surface area contributed by atoms with Gasteiger partial charge in [-0.2, -0.15) is 0 Å². The minimum absolute atomic E-state index is 0.189. The molecule has 0 aliphatic rings. The van der Waals surface area contributed by atoms with Gasteiger partial charge < -0.3 is 19.6 Å². The normalized spacial score (nSPS) is 11.8. The lowest BCUT2D eigenvalue weighted by Gasteiger charge is -2.11. The summed E-state index contributed by atoms with van der Waals surface area (Å²) >= 11 is 5.91. The molecule has 7 nitrogen and oxygen atoms in total. The van der Waals surface area contributed by atoms with Gasteiger partial charge in [-0.3, -0.25) is 14.4 Å². The van der Waals surface area contributed by atoms with Crippen LogP contribution in [-0.2, 0) is 9.59 Å². The lowest BCUT2D eigenvalue weighted by Crippen LogP contribution is -2.40. The highest BCUT2D eigenvalue weighted by Gasteiger charge is 2.16. The lowest BCUT2D eigenvalue weighted by atomic mass is 10.0. The van der Waals surface area contributed by atoms with E-state index in [0.29, 0.717) is 38.6 Å². The molecule has 1 aromatic heterocycles. The van der Waals surface area contributed by atoms with E-state index in [4.69, 9.17) is 25.9 Å². The number of amides is 1. The molecule has 0 aliphatic heterocycles. The molecule has 1 atom stereocenters. The highest BCUT2D eigenvalue weighted by Crippen LogP contribution is 2.27. The molecule has 2 aromatic carbocycles. The number of hydrogen-bond acceptors (Lipinski definition) is 5. The molecule has 1 heterocycles. The summed E-state index contributed by atoms with van der Waals surface area (Å²) in [6.07, 6.45) is 0. The first-order chi connectivity index (χ1) is 13.8.